The van der Waals surface area contributed by atoms with E-state index in [0.717, 1.165) is 24.3 Å². The standard InChI is InChI=1S/C12H11F3INO3/c1-20-11(19)9(16)6-17-10(18)7-2-4-8(5-3-7)12(13,14)15/h2-5,9H,6H2,1H3,(H,17,18). The van der Waals surface area contributed by atoms with Crippen LogP contribution in [0.1, 0.15) is 15.9 Å². The Labute approximate surface area is 126 Å². The van der Waals surface area contributed by atoms with Crippen LogP contribution in [0.3, 0.4) is 0 Å². The molecule has 1 rings (SSSR count). The fraction of sp³-hybridized carbons (Fsp3) is 0.333. The fourth-order valence-corrected chi connectivity index (χ4v) is 1.78. The Morgan fingerprint density at radius 1 is 1.30 bits per heavy atom. The summed E-state index contributed by atoms with van der Waals surface area (Å²) in [6, 6.07) is 3.82. The van der Waals surface area contributed by atoms with Gasteiger partial charge in [0, 0.05) is 12.1 Å². The predicted octanol–water partition coefficient (Wildman–Crippen LogP) is 2.41. The molecule has 0 fully saturated rings. The first-order valence-corrected chi connectivity index (χ1v) is 6.67. The zero-order valence-electron chi connectivity index (χ0n) is 10.3. The Balaban J connectivity index is 2.63. The van der Waals surface area contributed by atoms with Gasteiger partial charge in [-0.25, -0.2) is 0 Å². The molecular formula is C12H11F3INO3. The van der Waals surface area contributed by atoms with E-state index in [1.54, 1.807) is 22.6 Å². The van der Waals surface area contributed by atoms with Gasteiger partial charge in [-0.05, 0) is 24.3 Å². The first-order valence-electron chi connectivity index (χ1n) is 5.43. The van der Waals surface area contributed by atoms with Crippen molar-refractivity contribution in [2.75, 3.05) is 13.7 Å². The van der Waals surface area contributed by atoms with Gasteiger partial charge in [0.25, 0.3) is 5.91 Å². The smallest absolute Gasteiger partial charge is 0.416 e. The number of nitrogens with one attached hydrogen (secondary N) is 1. The summed E-state index contributed by atoms with van der Waals surface area (Å²) < 4.78 is 41.0. The number of hydrogen-bond acceptors (Lipinski definition) is 3. The maximum Gasteiger partial charge on any atom is 0.416 e. The lowest BCUT2D eigenvalue weighted by Gasteiger charge is -2.10. The Hall–Kier alpha value is -1.32. The molecule has 110 valence electrons. The number of benzene rings is 1. The normalized spacial score (nSPS) is 12.7. The van der Waals surface area contributed by atoms with Crippen molar-refractivity contribution in [2.45, 2.75) is 10.1 Å². The number of amides is 1. The molecule has 4 nitrogen and oxygen atoms in total. The number of ether oxygens (including phenoxy) is 1. The van der Waals surface area contributed by atoms with Crippen molar-refractivity contribution in [1.29, 1.82) is 0 Å². The lowest BCUT2D eigenvalue weighted by atomic mass is 10.1. The van der Waals surface area contributed by atoms with E-state index in [-0.39, 0.29) is 12.1 Å². The van der Waals surface area contributed by atoms with Gasteiger partial charge in [0.05, 0.1) is 12.7 Å². The second-order valence-electron chi connectivity index (χ2n) is 3.78. The summed E-state index contributed by atoms with van der Waals surface area (Å²) in [4.78, 5) is 22.8. The van der Waals surface area contributed by atoms with Crippen LogP contribution >= 0.6 is 22.6 Å². The van der Waals surface area contributed by atoms with Gasteiger partial charge in [-0.2, -0.15) is 13.2 Å². The molecular weight excluding hydrogens is 390 g/mol. The predicted molar refractivity (Wildman–Crippen MR) is 73.6 cm³/mol. The number of alkyl halides is 4. The molecule has 0 saturated carbocycles. The molecule has 0 aliphatic carbocycles. The maximum atomic E-state index is 12.3. The molecule has 1 atom stereocenters. The highest BCUT2D eigenvalue weighted by Crippen LogP contribution is 2.29. The van der Waals surface area contributed by atoms with Gasteiger partial charge in [0.15, 0.2) is 0 Å². The average Bonchev–Trinajstić information content (AvgIpc) is 2.42. The van der Waals surface area contributed by atoms with E-state index in [2.05, 4.69) is 10.1 Å². The van der Waals surface area contributed by atoms with Crippen molar-refractivity contribution in [3.63, 3.8) is 0 Å². The number of rotatable bonds is 4. The van der Waals surface area contributed by atoms with Crippen LogP contribution in [0, 0.1) is 0 Å². The van der Waals surface area contributed by atoms with Crippen molar-refractivity contribution in [3.8, 4) is 0 Å². The van der Waals surface area contributed by atoms with Gasteiger partial charge in [0.2, 0.25) is 0 Å². The maximum absolute atomic E-state index is 12.3. The number of esters is 1. The molecule has 0 spiro atoms. The van der Waals surface area contributed by atoms with Crippen LogP contribution in [0.25, 0.3) is 0 Å². The number of carbonyl (C=O) groups excluding carboxylic acids is 2. The quantitative estimate of drug-likeness (QED) is 0.479. The zero-order chi connectivity index (χ0) is 15.3. The van der Waals surface area contributed by atoms with Crippen LogP contribution in [0.2, 0.25) is 0 Å². The number of carbonyl (C=O) groups is 2. The lowest BCUT2D eigenvalue weighted by Crippen LogP contribution is -2.33. The van der Waals surface area contributed by atoms with Gasteiger partial charge in [-0.1, -0.05) is 22.6 Å². The zero-order valence-corrected chi connectivity index (χ0v) is 12.5. The van der Waals surface area contributed by atoms with Crippen LogP contribution in [0.15, 0.2) is 24.3 Å². The van der Waals surface area contributed by atoms with Gasteiger partial charge in [0.1, 0.15) is 3.92 Å². The summed E-state index contributed by atoms with van der Waals surface area (Å²) in [6.45, 7) is 0.0348. The Kier molecular flexibility index (Phi) is 5.78. The van der Waals surface area contributed by atoms with Crippen LogP contribution in [-0.2, 0) is 15.7 Å². The summed E-state index contributed by atoms with van der Waals surface area (Å²) in [5, 5.41) is 2.44. The first-order chi connectivity index (χ1) is 9.25. The van der Waals surface area contributed by atoms with E-state index in [0.29, 0.717) is 0 Å². The van der Waals surface area contributed by atoms with E-state index in [1.807, 2.05) is 0 Å². The number of halogens is 4. The van der Waals surface area contributed by atoms with Gasteiger partial charge < -0.3 is 10.1 Å². The lowest BCUT2D eigenvalue weighted by molar-refractivity contribution is -0.139. The molecule has 1 unspecified atom stereocenters. The van der Waals surface area contributed by atoms with Crippen LogP contribution in [0.4, 0.5) is 13.2 Å². The molecule has 1 aromatic rings. The highest BCUT2D eigenvalue weighted by Gasteiger charge is 2.30. The molecule has 8 heteroatoms. The minimum absolute atomic E-state index is 0.0348. The Morgan fingerprint density at radius 3 is 2.30 bits per heavy atom. The Bertz CT molecular complexity index is 488. The third-order valence-electron chi connectivity index (χ3n) is 2.37. The molecule has 0 aliphatic heterocycles. The van der Waals surface area contributed by atoms with Crippen molar-refractivity contribution < 1.29 is 27.5 Å². The van der Waals surface area contributed by atoms with Gasteiger partial charge in [-0.3, -0.25) is 9.59 Å². The van der Waals surface area contributed by atoms with E-state index >= 15 is 0 Å². The molecule has 0 heterocycles. The first kappa shape index (κ1) is 16.7. The highest BCUT2D eigenvalue weighted by atomic mass is 127. The molecule has 1 amide bonds. The largest absolute Gasteiger partial charge is 0.468 e. The molecule has 0 saturated heterocycles. The molecule has 0 aliphatic rings. The second kappa shape index (κ2) is 6.91. The minimum Gasteiger partial charge on any atom is -0.468 e. The summed E-state index contributed by atoms with van der Waals surface area (Å²) in [7, 11) is 1.23. The van der Waals surface area contributed by atoms with Crippen molar-refractivity contribution in [3.05, 3.63) is 35.4 Å². The van der Waals surface area contributed by atoms with Gasteiger partial charge >= 0.3 is 12.1 Å². The second-order valence-corrected chi connectivity index (χ2v) is 5.28. The SMILES string of the molecule is COC(=O)C(I)CNC(=O)c1ccc(C(F)(F)F)cc1. The minimum atomic E-state index is -4.44. The summed E-state index contributed by atoms with van der Waals surface area (Å²) in [6.07, 6.45) is -4.44. The van der Waals surface area contributed by atoms with E-state index in [4.69, 9.17) is 0 Å². The molecule has 0 radical (unpaired) electrons. The third kappa shape index (κ3) is 4.66. The summed E-state index contributed by atoms with van der Waals surface area (Å²) in [5.74, 6) is -1.04. The molecule has 0 aromatic heterocycles. The Morgan fingerprint density at radius 2 is 1.85 bits per heavy atom. The average molecular weight is 401 g/mol. The van der Waals surface area contributed by atoms with Crippen LogP contribution in [-0.4, -0.2) is 29.5 Å². The van der Waals surface area contributed by atoms with Crippen LogP contribution < -0.4 is 5.32 Å². The monoisotopic (exact) mass is 401 g/mol. The van der Waals surface area contributed by atoms with E-state index in [1.165, 1.54) is 7.11 Å². The number of hydrogen-bond donors (Lipinski definition) is 1. The molecule has 0 bridgehead atoms. The topological polar surface area (TPSA) is 55.4 Å². The molecule has 20 heavy (non-hydrogen) atoms. The van der Waals surface area contributed by atoms with E-state index < -0.39 is 27.5 Å². The third-order valence-corrected chi connectivity index (χ3v) is 3.32. The van der Waals surface area contributed by atoms with E-state index in [9.17, 15) is 22.8 Å². The van der Waals surface area contributed by atoms with Crippen molar-refractivity contribution in [2.24, 2.45) is 0 Å². The molecule has 1 aromatic carbocycles. The summed E-state index contributed by atoms with van der Waals surface area (Å²) in [5.41, 5.74) is -0.734. The number of methoxy groups -OCH3 is 1. The van der Waals surface area contributed by atoms with Crippen LogP contribution in [0.5, 0.6) is 0 Å². The molecule has 1 N–H and O–H groups in total. The van der Waals surface area contributed by atoms with Crippen molar-refractivity contribution >= 4 is 34.5 Å². The van der Waals surface area contributed by atoms with Gasteiger partial charge in [-0.15, -0.1) is 0 Å². The fourth-order valence-electron chi connectivity index (χ4n) is 1.31. The summed E-state index contributed by atoms with van der Waals surface area (Å²) >= 11 is 1.80. The highest BCUT2D eigenvalue weighted by molar-refractivity contribution is 14.1. The van der Waals surface area contributed by atoms with Crippen molar-refractivity contribution in [1.82, 2.24) is 5.32 Å².